The van der Waals surface area contributed by atoms with E-state index in [9.17, 15) is 4.79 Å². The molecule has 1 N–H and O–H groups in total. The van der Waals surface area contributed by atoms with E-state index >= 15 is 0 Å². The highest BCUT2D eigenvalue weighted by Crippen LogP contribution is 2.18. The summed E-state index contributed by atoms with van der Waals surface area (Å²) in [4.78, 5) is 14.2. The van der Waals surface area contributed by atoms with Gasteiger partial charge in [0.1, 0.15) is 6.04 Å². The van der Waals surface area contributed by atoms with Crippen molar-refractivity contribution in [2.45, 2.75) is 32.7 Å². The van der Waals surface area contributed by atoms with Crippen LogP contribution in [0.1, 0.15) is 32.3 Å². The number of anilines is 1. The summed E-state index contributed by atoms with van der Waals surface area (Å²) in [6, 6.07) is 8.09. The molecule has 1 aliphatic heterocycles. The van der Waals surface area contributed by atoms with Crippen LogP contribution in [0.25, 0.3) is 0 Å². The zero-order chi connectivity index (χ0) is 14.5. The lowest BCUT2D eigenvalue weighted by molar-refractivity contribution is -0.135. The van der Waals surface area contributed by atoms with Gasteiger partial charge >= 0.3 is 0 Å². The average Bonchev–Trinajstić information content (AvgIpc) is 2.48. The molecule has 0 spiro atoms. The van der Waals surface area contributed by atoms with Crippen LogP contribution < -0.4 is 5.32 Å². The molecular formula is C16H24N2O2. The predicted octanol–water partition coefficient (Wildman–Crippen LogP) is 2.47. The van der Waals surface area contributed by atoms with Crippen LogP contribution >= 0.6 is 0 Å². The molecule has 0 bridgehead atoms. The summed E-state index contributed by atoms with van der Waals surface area (Å²) >= 11 is 0. The summed E-state index contributed by atoms with van der Waals surface area (Å²) in [5.74, 6) is 0.665. The first-order valence-corrected chi connectivity index (χ1v) is 7.31. The van der Waals surface area contributed by atoms with Gasteiger partial charge in [-0.25, -0.2) is 0 Å². The van der Waals surface area contributed by atoms with Crippen molar-refractivity contribution in [2.24, 2.45) is 0 Å². The molecule has 20 heavy (non-hydrogen) atoms. The van der Waals surface area contributed by atoms with Crippen molar-refractivity contribution in [1.29, 1.82) is 0 Å². The van der Waals surface area contributed by atoms with Crippen LogP contribution in [-0.2, 0) is 9.53 Å². The van der Waals surface area contributed by atoms with E-state index in [-0.39, 0.29) is 11.9 Å². The van der Waals surface area contributed by atoms with Gasteiger partial charge in [0, 0.05) is 18.8 Å². The number of hydrogen-bond acceptors (Lipinski definition) is 3. The number of morpholine rings is 1. The number of ether oxygens (including phenoxy) is 1. The van der Waals surface area contributed by atoms with Gasteiger partial charge in [0.25, 0.3) is 0 Å². The van der Waals surface area contributed by atoms with Crippen LogP contribution in [0.2, 0.25) is 0 Å². The molecule has 1 heterocycles. The number of hydrogen-bond donors (Lipinski definition) is 1. The first-order chi connectivity index (χ1) is 9.58. The van der Waals surface area contributed by atoms with Crippen molar-refractivity contribution in [2.75, 3.05) is 31.6 Å². The fraction of sp³-hybridized carbons (Fsp3) is 0.562. The summed E-state index contributed by atoms with van der Waals surface area (Å²) in [5, 5.41) is 3.27. The van der Waals surface area contributed by atoms with Gasteiger partial charge in [-0.15, -0.1) is 0 Å². The molecule has 1 saturated heterocycles. The SMILES string of the molecule is CC(Nc1ccc(C(C)C)cc1)C(=O)N1CCOCC1. The van der Waals surface area contributed by atoms with Crippen LogP contribution in [0.15, 0.2) is 24.3 Å². The van der Waals surface area contributed by atoms with Gasteiger partial charge in [-0.1, -0.05) is 26.0 Å². The highest BCUT2D eigenvalue weighted by atomic mass is 16.5. The Bertz CT molecular complexity index is 436. The Morgan fingerprint density at radius 2 is 1.75 bits per heavy atom. The molecule has 0 radical (unpaired) electrons. The molecule has 1 aromatic carbocycles. The maximum Gasteiger partial charge on any atom is 0.244 e. The second kappa shape index (κ2) is 6.75. The maximum absolute atomic E-state index is 12.3. The Morgan fingerprint density at radius 1 is 1.15 bits per heavy atom. The minimum absolute atomic E-state index is 0.140. The Morgan fingerprint density at radius 3 is 2.30 bits per heavy atom. The van der Waals surface area contributed by atoms with E-state index in [1.807, 2.05) is 24.0 Å². The third-order valence-corrected chi connectivity index (χ3v) is 3.65. The minimum atomic E-state index is -0.210. The Balaban J connectivity index is 1.92. The van der Waals surface area contributed by atoms with Crippen LogP contribution in [0.4, 0.5) is 5.69 Å². The van der Waals surface area contributed by atoms with Gasteiger partial charge in [0.15, 0.2) is 0 Å². The summed E-state index contributed by atoms with van der Waals surface area (Å²) in [7, 11) is 0. The Hall–Kier alpha value is -1.55. The molecule has 110 valence electrons. The number of carbonyl (C=O) groups is 1. The standard InChI is InChI=1S/C16H24N2O2/c1-12(2)14-4-6-15(7-5-14)17-13(3)16(19)18-8-10-20-11-9-18/h4-7,12-13,17H,8-11H2,1-3H3. The third kappa shape index (κ3) is 3.73. The smallest absolute Gasteiger partial charge is 0.244 e. The minimum Gasteiger partial charge on any atom is -0.378 e. The molecule has 1 fully saturated rings. The van der Waals surface area contributed by atoms with Crippen molar-refractivity contribution in [1.82, 2.24) is 4.90 Å². The van der Waals surface area contributed by atoms with E-state index in [0.29, 0.717) is 32.2 Å². The largest absolute Gasteiger partial charge is 0.378 e. The molecule has 2 rings (SSSR count). The molecule has 1 amide bonds. The topological polar surface area (TPSA) is 41.6 Å². The van der Waals surface area contributed by atoms with E-state index in [2.05, 4.69) is 31.3 Å². The lowest BCUT2D eigenvalue weighted by atomic mass is 10.0. The lowest BCUT2D eigenvalue weighted by Crippen LogP contribution is -2.46. The maximum atomic E-state index is 12.3. The second-order valence-corrected chi connectivity index (χ2v) is 5.58. The van der Waals surface area contributed by atoms with E-state index in [4.69, 9.17) is 4.74 Å². The van der Waals surface area contributed by atoms with Crippen LogP contribution in [0.5, 0.6) is 0 Å². The fourth-order valence-electron chi connectivity index (χ4n) is 2.33. The number of amides is 1. The van der Waals surface area contributed by atoms with E-state index in [1.165, 1.54) is 5.56 Å². The summed E-state index contributed by atoms with van der Waals surface area (Å²) in [6.07, 6.45) is 0. The zero-order valence-electron chi connectivity index (χ0n) is 12.6. The zero-order valence-corrected chi connectivity index (χ0v) is 12.6. The van der Waals surface area contributed by atoms with Crippen molar-refractivity contribution in [3.8, 4) is 0 Å². The van der Waals surface area contributed by atoms with Gasteiger partial charge in [0.05, 0.1) is 13.2 Å². The molecule has 1 atom stereocenters. The summed E-state index contributed by atoms with van der Waals surface area (Å²) in [6.45, 7) is 8.92. The summed E-state index contributed by atoms with van der Waals surface area (Å²) < 4.78 is 5.27. The monoisotopic (exact) mass is 276 g/mol. The number of rotatable bonds is 4. The molecule has 0 saturated carbocycles. The van der Waals surface area contributed by atoms with Crippen molar-refractivity contribution >= 4 is 11.6 Å². The normalized spacial score (nSPS) is 17.1. The van der Waals surface area contributed by atoms with Gasteiger partial charge < -0.3 is 15.0 Å². The number of nitrogens with zero attached hydrogens (tertiary/aromatic N) is 1. The van der Waals surface area contributed by atoms with Gasteiger partial charge in [-0.2, -0.15) is 0 Å². The Kier molecular flexibility index (Phi) is 5.01. The summed E-state index contributed by atoms with van der Waals surface area (Å²) in [5.41, 5.74) is 2.30. The number of nitrogens with one attached hydrogen (secondary N) is 1. The fourth-order valence-corrected chi connectivity index (χ4v) is 2.33. The van der Waals surface area contributed by atoms with E-state index < -0.39 is 0 Å². The molecular weight excluding hydrogens is 252 g/mol. The molecule has 0 aromatic heterocycles. The molecule has 4 nitrogen and oxygen atoms in total. The van der Waals surface area contributed by atoms with E-state index in [1.54, 1.807) is 0 Å². The molecule has 0 aliphatic carbocycles. The second-order valence-electron chi connectivity index (χ2n) is 5.58. The van der Waals surface area contributed by atoms with Crippen molar-refractivity contribution in [3.63, 3.8) is 0 Å². The average molecular weight is 276 g/mol. The first-order valence-electron chi connectivity index (χ1n) is 7.31. The molecule has 1 unspecified atom stereocenters. The van der Waals surface area contributed by atoms with Crippen molar-refractivity contribution in [3.05, 3.63) is 29.8 Å². The van der Waals surface area contributed by atoms with Crippen LogP contribution in [-0.4, -0.2) is 43.2 Å². The predicted molar refractivity (Wildman–Crippen MR) is 81.0 cm³/mol. The van der Waals surface area contributed by atoms with Crippen LogP contribution in [0.3, 0.4) is 0 Å². The highest BCUT2D eigenvalue weighted by Gasteiger charge is 2.22. The van der Waals surface area contributed by atoms with Gasteiger partial charge in [-0.3, -0.25) is 4.79 Å². The first kappa shape index (κ1) is 14.9. The number of carbonyl (C=O) groups excluding carboxylic acids is 1. The number of benzene rings is 1. The third-order valence-electron chi connectivity index (χ3n) is 3.65. The quantitative estimate of drug-likeness (QED) is 0.918. The van der Waals surface area contributed by atoms with Crippen LogP contribution in [0, 0.1) is 0 Å². The lowest BCUT2D eigenvalue weighted by Gasteiger charge is -2.29. The molecule has 4 heteroatoms. The highest BCUT2D eigenvalue weighted by molar-refractivity contribution is 5.84. The van der Waals surface area contributed by atoms with E-state index in [0.717, 1.165) is 5.69 Å². The van der Waals surface area contributed by atoms with Crippen molar-refractivity contribution < 1.29 is 9.53 Å². The molecule has 1 aliphatic rings. The van der Waals surface area contributed by atoms with Gasteiger partial charge in [-0.05, 0) is 30.5 Å². The Labute approximate surface area is 121 Å². The molecule has 1 aromatic rings. The van der Waals surface area contributed by atoms with Gasteiger partial charge in [0.2, 0.25) is 5.91 Å².